The van der Waals surface area contributed by atoms with Crippen molar-refractivity contribution in [3.8, 4) is 16.9 Å². The Morgan fingerprint density at radius 1 is 0.861 bits per heavy atom. The molecule has 0 spiro atoms. The summed E-state index contributed by atoms with van der Waals surface area (Å²) >= 11 is 3.65. The Hall–Kier alpha value is -6.63. The lowest BCUT2D eigenvalue weighted by Gasteiger charge is -2.40. The molecule has 4 aliphatic rings. The van der Waals surface area contributed by atoms with Gasteiger partial charge in [-0.15, -0.1) is 0 Å². The second-order valence-electron chi connectivity index (χ2n) is 19.7. The maximum absolute atomic E-state index is 15.9. The van der Waals surface area contributed by atoms with E-state index in [2.05, 4.69) is 86.0 Å². The number of rotatable bonds is 13. The summed E-state index contributed by atoms with van der Waals surface area (Å²) in [6.45, 7) is 9.46. The van der Waals surface area contributed by atoms with Gasteiger partial charge in [0.05, 0.1) is 45.9 Å². The maximum Gasteiger partial charge on any atom is 0.329 e. The molecule has 11 rings (SSSR count). The summed E-state index contributed by atoms with van der Waals surface area (Å²) in [5.41, 5.74) is 7.57. The Morgan fingerprint density at radius 2 is 1.64 bits per heavy atom. The van der Waals surface area contributed by atoms with Crippen molar-refractivity contribution in [2.75, 3.05) is 98.1 Å². The van der Waals surface area contributed by atoms with Gasteiger partial charge in [0.1, 0.15) is 24.5 Å². The minimum atomic E-state index is -2.78. The smallest absolute Gasteiger partial charge is 0.329 e. The summed E-state index contributed by atoms with van der Waals surface area (Å²) in [5, 5.41) is 20.4. The number of carbonyl (C=O) groups is 2. The summed E-state index contributed by atoms with van der Waals surface area (Å²) in [5.74, 6) is 2.16. The number of imide groups is 1. The fraction of sp³-hybridized carbons (Fsp3) is 0.392. The van der Waals surface area contributed by atoms with Gasteiger partial charge in [-0.3, -0.25) is 34.3 Å². The molecule has 1 saturated carbocycles. The number of aromatic nitrogens is 7. The molecule has 4 aromatic heterocycles. The minimum Gasteiger partial charge on any atom is -0.494 e. The van der Waals surface area contributed by atoms with Crippen molar-refractivity contribution in [3.05, 3.63) is 83.1 Å². The number of nitrogens with one attached hydrogen (secondary N) is 3. The highest BCUT2D eigenvalue weighted by atomic mass is 79.9. The van der Waals surface area contributed by atoms with Crippen molar-refractivity contribution in [1.29, 1.82) is 0 Å². The van der Waals surface area contributed by atoms with Crippen molar-refractivity contribution < 1.29 is 23.3 Å². The van der Waals surface area contributed by atoms with Crippen LogP contribution in [0.25, 0.3) is 32.9 Å². The molecular formula is C51H57BrFN14O4P. The van der Waals surface area contributed by atoms with Crippen LogP contribution in [0.4, 0.5) is 49.5 Å². The monoisotopic (exact) mass is 1060 g/mol. The van der Waals surface area contributed by atoms with Gasteiger partial charge >= 0.3 is 6.03 Å². The number of pyridine rings is 1. The normalized spacial score (nSPS) is 17.3. The van der Waals surface area contributed by atoms with E-state index in [1.807, 2.05) is 37.6 Å². The standard InChI is InChI=1S/C51H57BrFN14O4P/c1-62-29-32(26-55-62)34-23-41(58-50-54-27-36(52)48(60-50)57-40-11-10-39-33(47(40)72(4,5)70)8-9-38(56-39)31-6-7-31)45(71-3)25-43(34)65-15-12-30(13-16-65)28-64-18-20-66(21-19-64)44-24-42-35(22-37(44)53)49(61-63(42)2)67-17-14-46(68)59-51(67)69/h8-11,22-27,29-31H,6-7,12-21,28H2,1-5H3,(H,59,68,69)(H2,54,57,58,60). The van der Waals surface area contributed by atoms with Crippen molar-refractivity contribution in [2.45, 2.75) is 38.0 Å². The molecule has 374 valence electrons. The van der Waals surface area contributed by atoms with Gasteiger partial charge in [-0.1, -0.05) is 6.07 Å². The third-order valence-electron chi connectivity index (χ3n) is 14.4. The first-order valence-corrected chi connectivity index (χ1v) is 27.8. The quantitative estimate of drug-likeness (QED) is 0.0937. The van der Waals surface area contributed by atoms with Crippen LogP contribution in [0, 0.1) is 11.7 Å². The SMILES string of the molecule is COc1cc(N2CCC(CN3CCN(c4cc5c(cc4F)c(N4CCC(=O)NC4=O)nn5C)CC3)CC2)c(-c2cnn(C)c2)cc1Nc1ncc(Br)c(Nc2ccc3nc(C4CC4)ccc3c2P(C)(C)=O)n1. The lowest BCUT2D eigenvalue weighted by atomic mass is 9.94. The molecule has 3 saturated heterocycles. The zero-order chi connectivity index (χ0) is 50.0. The molecule has 0 radical (unpaired) electrons. The van der Waals surface area contributed by atoms with E-state index in [4.69, 9.17) is 14.7 Å². The van der Waals surface area contributed by atoms with Crippen LogP contribution >= 0.6 is 23.1 Å². The zero-order valence-electron chi connectivity index (χ0n) is 41.0. The van der Waals surface area contributed by atoms with Crippen molar-refractivity contribution in [3.63, 3.8) is 0 Å². The number of fused-ring (bicyclic) bond motifs is 2. The number of methoxy groups -OCH3 is 1. The molecule has 3 aliphatic heterocycles. The Morgan fingerprint density at radius 3 is 2.35 bits per heavy atom. The van der Waals surface area contributed by atoms with E-state index in [1.165, 1.54) is 11.0 Å². The largest absolute Gasteiger partial charge is 0.494 e. The number of anilines is 7. The summed E-state index contributed by atoms with van der Waals surface area (Å²) in [7, 11) is 2.58. The van der Waals surface area contributed by atoms with E-state index in [-0.39, 0.29) is 24.7 Å². The van der Waals surface area contributed by atoms with Gasteiger partial charge in [0, 0.05) is 136 Å². The van der Waals surface area contributed by atoms with Gasteiger partial charge in [-0.25, -0.2) is 14.2 Å². The Balaban J connectivity index is 0.766. The van der Waals surface area contributed by atoms with Gasteiger partial charge in [-0.05, 0) is 97.3 Å². The number of nitrogens with zero attached hydrogens (tertiary/aromatic N) is 11. The lowest BCUT2D eigenvalue weighted by Crippen LogP contribution is -2.49. The number of aryl methyl sites for hydroxylation is 2. The first-order valence-electron chi connectivity index (χ1n) is 24.4. The predicted octanol–water partition coefficient (Wildman–Crippen LogP) is 8.32. The number of halogens is 2. The van der Waals surface area contributed by atoms with E-state index >= 15 is 4.39 Å². The van der Waals surface area contributed by atoms with Crippen LogP contribution in [0.3, 0.4) is 0 Å². The predicted molar refractivity (Wildman–Crippen MR) is 284 cm³/mol. The summed E-state index contributed by atoms with van der Waals surface area (Å²) in [6, 6.07) is 14.9. The fourth-order valence-corrected chi connectivity index (χ4v) is 12.3. The average molecular weight is 1060 g/mol. The van der Waals surface area contributed by atoms with Gasteiger partial charge in [0.15, 0.2) is 5.82 Å². The van der Waals surface area contributed by atoms with Crippen molar-refractivity contribution in [1.82, 2.24) is 44.7 Å². The van der Waals surface area contributed by atoms with Crippen LogP contribution in [-0.4, -0.2) is 124 Å². The Labute approximate surface area is 424 Å². The lowest BCUT2D eigenvalue weighted by molar-refractivity contribution is -0.120. The molecule has 7 heterocycles. The van der Waals surface area contributed by atoms with Gasteiger partial charge in [0.25, 0.3) is 0 Å². The number of piperidine rings is 1. The third kappa shape index (κ3) is 9.47. The number of ether oxygens (including phenoxy) is 1. The highest BCUT2D eigenvalue weighted by Gasteiger charge is 2.32. The van der Waals surface area contributed by atoms with Gasteiger partial charge in [0.2, 0.25) is 11.9 Å². The molecule has 18 nitrogen and oxygen atoms in total. The second-order valence-corrected chi connectivity index (χ2v) is 23.7. The van der Waals surface area contributed by atoms with E-state index in [1.54, 1.807) is 43.0 Å². The Kier molecular flexibility index (Phi) is 12.6. The van der Waals surface area contributed by atoms with Crippen LogP contribution in [0.2, 0.25) is 0 Å². The van der Waals surface area contributed by atoms with E-state index in [9.17, 15) is 14.2 Å². The molecule has 3 amide bonds. The number of benzene rings is 3. The highest BCUT2D eigenvalue weighted by molar-refractivity contribution is 9.10. The van der Waals surface area contributed by atoms with Gasteiger partial charge in [-0.2, -0.15) is 15.2 Å². The van der Waals surface area contributed by atoms with Crippen LogP contribution in [0.15, 0.2) is 71.6 Å². The first kappa shape index (κ1) is 47.7. The molecular weight excluding hydrogens is 1000 g/mol. The molecule has 72 heavy (non-hydrogen) atoms. The van der Waals surface area contributed by atoms with E-state index in [0.29, 0.717) is 75.2 Å². The number of piperazine rings is 1. The number of carbonyl (C=O) groups excluding carboxylic acids is 2. The number of hydrogen-bond donors (Lipinski definition) is 3. The topological polar surface area (TPSA) is 184 Å². The fourth-order valence-electron chi connectivity index (χ4n) is 10.5. The average Bonchev–Trinajstić information content (AvgIpc) is 4.05. The number of amides is 3. The minimum absolute atomic E-state index is 0.161. The molecule has 0 atom stereocenters. The third-order valence-corrected chi connectivity index (χ3v) is 16.5. The molecule has 3 N–H and O–H groups in total. The molecule has 0 bridgehead atoms. The molecule has 4 fully saturated rings. The summed E-state index contributed by atoms with van der Waals surface area (Å²) in [6.07, 6.45) is 10.1. The van der Waals surface area contributed by atoms with Crippen molar-refractivity contribution >= 4 is 102 Å². The van der Waals surface area contributed by atoms with E-state index in [0.717, 1.165) is 103 Å². The van der Waals surface area contributed by atoms with Crippen LogP contribution in [0.5, 0.6) is 5.75 Å². The molecule has 0 unspecified atom stereocenters. The Bertz CT molecular complexity index is 3320. The summed E-state index contributed by atoms with van der Waals surface area (Å²) in [4.78, 5) is 47.2. The molecule has 1 aliphatic carbocycles. The molecule has 21 heteroatoms. The number of hydrogen-bond acceptors (Lipinski definition) is 14. The maximum atomic E-state index is 15.9. The zero-order valence-corrected chi connectivity index (χ0v) is 43.4. The first-order chi connectivity index (χ1) is 34.7. The van der Waals surface area contributed by atoms with Crippen LogP contribution < -0.4 is 40.7 Å². The second kappa shape index (κ2) is 19.1. The van der Waals surface area contributed by atoms with Gasteiger partial charge < -0.3 is 29.7 Å². The molecule has 3 aromatic carbocycles. The van der Waals surface area contributed by atoms with Crippen LogP contribution in [-0.2, 0) is 23.5 Å². The number of urea groups is 1. The van der Waals surface area contributed by atoms with Crippen molar-refractivity contribution in [2.24, 2.45) is 20.0 Å². The van der Waals surface area contributed by atoms with E-state index < -0.39 is 13.2 Å². The van der Waals surface area contributed by atoms with Crippen LogP contribution in [0.1, 0.15) is 43.7 Å². The molecule has 7 aromatic rings. The highest BCUT2D eigenvalue weighted by Crippen LogP contribution is 2.45. The summed E-state index contributed by atoms with van der Waals surface area (Å²) < 4.78 is 39.9.